The van der Waals surface area contributed by atoms with Gasteiger partial charge in [0.25, 0.3) is 0 Å². The number of fused-ring (bicyclic) bond motifs is 1. The molecule has 0 amide bonds. The quantitative estimate of drug-likeness (QED) is 0.325. The van der Waals surface area contributed by atoms with Crippen molar-refractivity contribution in [2.45, 2.75) is 25.0 Å². The van der Waals surface area contributed by atoms with Crippen LogP contribution in [0.3, 0.4) is 0 Å². The van der Waals surface area contributed by atoms with E-state index < -0.39 is 0 Å². The molecular formula is C6H8O. The monoisotopic (exact) mass is 96.1 g/mol. The van der Waals surface area contributed by atoms with Crippen LogP contribution in [-0.4, -0.2) is 12.2 Å². The summed E-state index contributed by atoms with van der Waals surface area (Å²) in [6.45, 7) is 0. The second-order valence-corrected chi connectivity index (χ2v) is 2.16. The highest BCUT2D eigenvalue weighted by Gasteiger charge is 2.37. The summed E-state index contributed by atoms with van der Waals surface area (Å²) in [6, 6.07) is 0. The largest absolute Gasteiger partial charge is 0.369 e. The smallest absolute Gasteiger partial charge is 0.0879 e. The number of rotatable bonds is 0. The molecule has 2 atom stereocenters. The Morgan fingerprint density at radius 1 is 1.14 bits per heavy atom. The van der Waals surface area contributed by atoms with E-state index in [1.54, 1.807) is 0 Å². The van der Waals surface area contributed by atoms with Crippen molar-refractivity contribution in [2.75, 3.05) is 0 Å². The predicted molar refractivity (Wildman–Crippen MR) is 27.0 cm³/mol. The molecule has 0 bridgehead atoms. The van der Waals surface area contributed by atoms with Crippen LogP contribution in [0.4, 0.5) is 0 Å². The zero-order valence-corrected chi connectivity index (χ0v) is 4.13. The Kier molecular flexibility index (Phi) is 0.577. The highest BCUT2D eigenvalue weighted by atomic mass is 16.6. The molecule has 0 aromatic carbocycles. The van der Waals surface area contributed by atoms with Gasteiger partial charge in [0.1, 0.15) is 0 Å². The first-order chi connectivity index (χ1) is 3.47. The fourth-order valence-electron chi connectivity index (χ4n) is 1.05. The summed E-state index contributed by atoms with van der Waals surface area (Å²) in [7, 11) is 0. The van der Waals surface area contributed by atoms with Gasteiger partial charge in [0.05, 0.1) is 12.2 Å². The van der Waals surface area contributed by atoms with E-state index in [1.165, 1.54) is 0 Å². The maximum absolute atomic E-state index is 5.22. The van der Waals surface area contributed by atoms with E-state index in [2.05, 4.69) is 12.2 Å². The van der Waals surface area contributed by atoms with Crippen LogP contribution in [0.15, 0.2) is 12.2 Å². The summed E-state index contributed by atoms with van der Waals surface area (Å²) in [6.07, 6.45) is 7.95. The first kappa shape index (κ1) is 3.67. The van der Waals surface area contributed by atoms with Gasteiger partial charge >= 0.3 is 0 Å². The van der Waals surface area contributed by atoms with Crippen molar-refractivity contribution in [3.63, 3.8) is 0 Å². The topological polar surface area (TPSA) is 12.5 Å². The molecule has 0 radical (unpaired) electrons. The lowest BCUT2D eigenvalue weighted by atomic mass is 10.1. The molecule has 1 heterocycles. The van der Waals surface area contributed by atoms with Crippen LogP contribution in [-0.2, 0) is 4.74 Å². The molecule has 1 heteroatoms. The molecular weight excluding hydrogens is 88.1 g/mol. The van der Waals surface area contributed by atoms with E-state index in [-0.39, 0.29) is 0 Å². The fraction of sp³-hybridized carbons (Fsp3) is 0.667. The third-order valence-electron chi connectivity index (χ3n) is 1.59. The Balaban J connectivity index is 2.10. The van der Waals surface area contributed by atoms with Gasteiger partial charge in [0.15, 0.2) is 0 Å². The number of epoxide rings is 1. The van der Waals surface area contributed by atoms with Gasteiger partial charge in [-0.2, -0.15) is 0 Å². The van der Waals surface area contributed by atoms with E-state index in [9.17, 15) is 0 Å². The summed E-state index contributed by atoms with van der Waals surface area (Å²) in [5.74, 6) is 0. The molecule has 38 valence electrons. The normalized spacial score (nSPS) is 45.7. The van der Waals surface area contributed by atoms with Gasteiger partial charge in [0, 0.05) is 0 Å². The molecule has 0 aromatic heterocycles. The zero-order valence-electron chi connectivity index (χ0n) is 4.13. The summed E-state index contributed by atoms with van der Waals surface area (Å²) >= 11 is 0. The molecule has 2 aliphatic rings. The predicted octanol–water partition coefficient (Wildman–Crippen LogP) is 1.10. The fourth-order valence-corrected chi connectivity index (χ4v) is 1.05. The van der Waals surface area contributed by atoms with Gasteiger partial charge < -0.3 is 4.74 Å². The highest BCUT2D eigenvalue weighted by molar-refractivity contribution is 5.03. The van der Waals surface area contributed by atoms with E-state index in [1.807, 2.05) is 0 Å². The Morgan fingerprint density at radius 2 is 1.71 bits per heavy atom. The van der Waals surface area contributed by atoms with Crippen molar-refractivity contribution in [1.29, 1.82) is 0 Å². The summed E-state index contributed by atoms with van der Waals surface area (Å²) in [4.78, 5) is 0. The molecule has 7 heavy (non-hydrogen) atoms. The third-order valence-corrected chi connectivity index (χ3v) is 1.59. The molecule has 0 unspecified atom stereocenters. The third kappa shape index (κ3) is 0.484. The summed E-state index contributed by atoms with van der Waals surface area (Å²) in [5, 5.41) is 0. The van der Waals surface area contributed by atoms with E-state index in [0.29, 0.717) is 12.2 Å². The van der Waals surface area contributed by atoms with Crippen LogP contribution in [0.2, 0.25) is 0 Å². The van der Waals surface area contributed by atoms with E-state index in [4.69, 9.17) is 4.74 Å². The second kappa shape index (κ2) is 1.10. The molecule has 1 aliphatic carbocycles. The zero-order chi connectivity index (χ0) is 4.69. The van der Waals surface area contributed by atoms with Crippen molar-refractivity contribution >= 4 is 0 Å². The summed E-state index contributed by atoms with van der Waals surface area (Å²) < 4.78 is 5.22. The van der Waals surface area contributed by atoms with Crippen LogP contribution in [0, 0.1) is 0 Å². The molecule has 0 spiro atoms. The van der Waals surface area contributed by atoms with Crippen molar-refractivity contribution < 1.29 is 4.74 Å². The van der Waals surface area contributed by atoms with E-state index in [0.717, 1.165) is 12.8 Å². The molecule has 1 fully saturated rings. The van der Waals surface area contributed by atoms with Gasteiger partial charge in [-0.1, -0.05) is 12.2 Å². The first-order valence-corrected chi connectivity index (χ1v) is 2.77. The van der Waals surface area contributed by atoms with Crippen LogP contribution < -0.4 is 0 Å². The molecule has 0 saturated carbocycles. The standard InChI is InChI=1S/C6H8O/c1-2-4-6-5(3-1)7-6/h1-2,5-6H,3-4H2/t5-,6-/m0/s1. The lowest BCUT2D eigenvalue weighted by Crippen LogP contribution is -1.94. The number of hydrogen-bond acceptors (Lipinski definition) is 1. The minimum absolute atomic E-state index is 0.616. The van der Waals surface area contributed by atoms with Crippen molar-refractivity contribution in [3.8, 4) is 0 Å². The molecule has 2 rings (SSSR count). The maximum atomic E-state index is 5.22. The van der Waals surface area contributed by atoms with Gasteiger partial charge in [-0.25, -0.2) is 0 Å². The minimum atomic E-state index is 0.616. The van der Waals surface area contributed by atoms with Gasteiger partial charge in [-0.05, 0) is 12.8 Å². The summed E-state index contributed by atoms with van der Waals surface area (Å²) in [5.41, 5.74) is 0. The first-order valence-electron chi connectivity index (χ1n) is 2.77. The Morgan fingerprint density at radius 3 is 2.14 bits per heavy atom. The lowest BCUT2D eigenvalue weighted by Gasteiger charge is -1.91. The molecule has 0 aromatic rings. The SMILES string of the molecule is C1=CC[C@@H]2O[C@H]2C1. The van der Waals surface area contributed by atoms with Crippen LogP contribution >= 0.6 is 0 Å². The molecule has 1 nitrogen and oxygen atoms in total. The van der Waals surface area contributed by atoms with Gasteiger partial charge in [-0.15, -0.1) is 0 Å². The van der Waals surface area contributed by atoms with Crippen molar-refractivity contribution in [1.82, 2.24) is 0 Å². The van der Waals surface area contributed by atoms with Crippen molar-refractivity contribution in [3.05, 3.63) is 12.2 Å². The Labute approximate surface area is 43.0 Å². The minimum Gasteiger partial charge on any atom is -0.369 e. The molecule has 0 N–H and O–H groups in total. The lowest BCUT2D eigenvalue weighted by molar-refractivity contribution is 0.376. The van der Waals surface area contributed by atoms with Gasteiger partial charge in [-0.3, -0.25) is 0 Å². The van der Waals surface area contributed by atoms with Crippen molar-refractivity contribution in [2.24, 2.45) is 0 Å². The molecule has 1 aliphatic heterocycles. The van der Waals surface area contributed by atoms with E-state index >= 15 is 0 Å². The Hall–Kier alpha value is -0.300. The molecule has 1 saturated heterocycles. The average molecular weight is 96.1 g/mol. The van der Waals surface area contributed by atoms with Crippen LogP contribution in [0.5, 0.6) is 0 Å². The highest BCUT2D eigenvalue weighted by Crippen LogP contribution is 2.31. The Bertz CT molecular complexity index is 94.7. The number of ether oxygens (including phenoxy) is 1. The van der Waals surface area contributed by atoms with Gasteiger partial charge in [0.2, 0.25) is 0 Å². The number of hydrogen-bond donors (Lipinski definition) is 0. The average Bonchev–Trinajstić information content (AvgIpc) is 2.41. The van der Waals surface area contributed by atoms with Crippen LogP contribution in [0.25, 0.3) is 0 Å². The second-order valence-electron chi connectivity index (χ2n) is 2.16. The van der Waals surface area contributed by atoms with Crippen LogP contribution in [0.1, 0.15) is 12.8 Å². The maximum Gasteiger partial charge on any atom is 0.0879 e.